The van der Waals surface area contributed by atoms with Gasteiger partial charge in [-0.05, 0) is 55.1 Å². The number of hydrogen-bond donors (Lipinski definition) is 3. The van der Waals surface area contributed by atoms with Gasteiger partial charge < -0.3 is 5.32 Å². The van der Waals surface area contributed by atoms with Gasteiger partial charge in [-0.2, -0.15) is 0 Å². The number of carbonyl (C=O) groups is 2. The number of thiophene rings is 1. The van der Waals surface area contributed by atoms with E-state index in [1.165, 1.54) is 0 Å². The highest BCUT2D eigenvalue weighted by Gasteiger charge is 2.08. The molecule has 0 saturated heterocycles. The van der Waals surface area contributed by atoms with Crippen LogP contribution in [0.4, 0.5) is 5.69 Å². The van der Waals surface area contributed by atoms with E-state index in [0.29, 0.717) is 18.4 Å². The fourth-order valence-corrected chi connectivity index (χ4v) is 3.56. The number of anilines is 1. The first-order valence-electron chi connectivity index (χ1n) is 7.95. The Morgan fingerprint density at radius 2 is 1.84 bits per heavy atom. The van der Waals surface area contributed by atoms with Crippen molar-refractivity contribution in [3.8, 4) is 0 Å². The third-order valence-corrected chi connectivity index (χ3v) is 5.07. The molecular formula is C19H19N3O2S. The molecule has 1 aromatic heterocycles. The molecule has 2 amide bonds. The van der Waals surface area contributed by atoms with E-state index in [1.54, 1.807) is 11.3 Å². The standard InChI is InChI=1S/C19H19N3O2S/c1-12-2-4-13(5-3-12)19(24)21-15-6-8-17-14(10-15)11-16(25-17)7-9-18(23)22-20/h2-6,8,10-11H,7,9,20H2,1H3,(H,21,24)(H,22,23). The SMILES string of the molecule is Cc1ccc(C(=O)Nc2ccc3sc(CCC(=O)NN)cc3c2)cc1. The second-order valence-electron chi connectivity index (χ2n) is 5.85. The number of fused-ring (bicyclic) bond motifs is 1. The van der Waals surface area contributed by atoms with Gasteiger partial charge in [-0.3, -0.25) is 15.0 Å². The number of benzene rings is 2. The molecule has 3 rings (SSSR count). The molecule has 4 N–H and O–H groups in total. The molecule has 0 bridgehead atoms. The van der Waals surface area contributed by atoms with Gasteiger partial charge in [-0.15, -0.1) is 11.3 Å². The topological polar surface area (TPSA) is 84.2 Å². The van der Waals surface area contributed by atoms with E-state index < -0.39 is 0 Å². The third kappa shape index (κ3) is 4.23. The van der Waals surface area contributed by atoms with Crippen LogP contribution in [0.15, 0.2) is 48.5 Å². The van der Waals surface area contributed by atoms with Crippen molar-refractivity contribution in [2.75, 3.05) is 5.32 Å². The fourth-order valence-electron chi connectivity index (χ4n) is 2.52. The number of hydrogen-bond acceptors (Lipinski definition) is 4. The van der Waals surface area contributed by atoms with Crippen molar-refractivity contribution in [2.24, 2.45) is 5.84 Å². The van der Waals surface area contributed by atoms with Crippen molar-refractivity contribution in [1.29, 1.82) is 0 Å². The second-order valence-corrected chi connectivity index (χ2v) is 7.02. The second kappa shape index (κ2) is 7.46. The van der Waals surface area contributed by atoms with E-state index in [1.807, 2.05) is 55.5 Å². The maximum absolute atomic E-state index is 12.3. The van der Waals surface area contributed by atoms with E-state index in [0.717, 1.165) is 26.2 Å². The third-order valence-electron chi connectivity index (χ3n) is 3.90. The van der Waals surface area contributed by atoms with Gasteiger partial charge in [-0.25, -0.2) is 5.84 Å². The van der Waals surface area contributed by atoms with Crippen LogP contribution in [0.25, 0.3) is 10.1 Å². The van der Waals surface area contributed by atoms with E-state index in [2.05, 4.69) is 10.7 Å². The van der Waals surface area contributed by atoms with Crippen LogP contribution in [0.3, 0.4) is 0 Å². The molecule has 0 radical (unpaired) electrons. The maximum Gasteiger partial charge on any atom is 0.255 e. The number of amides is 2. The van der Waals surface area contributed by atoms with Gasteiger partial charge in [0.1, 0.15) is 0 Å². The Balaban J connectivity index is 1.73. The predicted octanol–water partition coefficient (Wildman–Crippen LogP) is 3.38. The average Bonchev–Trinajstić information content (AvgIpc) is 3.02. The van der Waals surface area contributed by atoms with E-state index in [-0.39, 0.29) is 11.8 Å². The lowest BCUT2D eigenvalue weighted by Crippen LogP contribution is -2.29. The zero-order valence-corrected chi connectivity index (χ0v) is 14.7. The maximum atomic E-state index is 12.3. The molecule has 1 heterocycles. The lowest BCUT2D eigenvalue weighted by molar-refractivity contribution is -0.121. The summed E-state index contributed by atoms with van der Waals surface area (Å²) in [5.74, 6) is 4.79. The molecule has 0 saturated carbocycles. The summed E-state index contributed by atoms with van der Waals surface area (Å²) >= 11 is 1.64. The molecule has 6 heteroatoms. The van der Waals surface area contributed by atoms with Gasteiger partial charge in [0.15, 0.2) is 0 Å². The number of carbonyl (C=O) groups excluding carboxylic acids is 2. The van der Waals surface area contributed by atoms with Gasteiger partial charge in [0.05, 0.1) is 0 Å². The summed E-state index contributed by atoms with van der Waals surface area (Å²) in [5, 5.41) is 3.97. The van der Waals surface area contributed by atoms with Crippen molar-refractivity contribution >= 4 is 38.9 Å². The van der Waals surface area contributed by atoms with Crippen molar-refractivity contribution in [1.82, 2.24) is 5.43 Å². The Morgan fingerprint density at radius 3 is 2.56 bits per heavy atom. The minimum Gasteiger partial charge on any atom is -0.322 e. The first-order valence-corrected chi connectivity index (χ1v) is 8.77. The predicted molar refractivity (Wildman–Crippen MR) is 102 cm³/mol. The number of aryl methyl sites for hydroxylation is 2. The van der Waals surface area contributed by atoms with Crippen LogP contribution in [-0.2, 0) is 11.2 Å². The number of rotatable bonds is 5. The molecule has 0 unspecified atom stereocenters. The average molecular weight is 353 g/mol. The summed E-state index contributed by atoms with van der Waals surface area (Å²) in [4.78, 5) is 24.7. The van der Waals surface area contributed by atoms with Gasteiger partial charge >= 0.3 is 0 Å². The number of hydrazine groups is 1. The molecule has 0 aliphatic rings. The summed E-state index contributed by atoms with van der Waals surface area (Å²) in [6, 6.07) is 15.3. The first-order chi connectivity index (χ1) is 12.0. The highest BCUT2D eigenvalue weighted by molar-refractivity contribution is 7.19. The van der Waals surface area contributed by atoms with E-state index in [4.69, 9.17) is 5.84 Å². The quantitative estimate of drug-likeness (QED) is 0.373. The molecule has 0 atom stereocenters. The van der Waals surface area contributed by atoms with Gasteiger partial charge in [-0.1, -0.05) is 17.7 Å². The highest BCUT2D eigenvalue weighted by atomic mass is 32.1. The molecule has 0 spiro atoms. The molecule has 0 aliphatic carbocycles. The number of nitrogens with one attached hydrogen (secondary N) is 2. The minimum absolute atomic E-state index is 0.130. The lowest BCUT2D eigenvalue weighted by atomic mass is 10.1. The largest absolute Gasteiger partial charge is 0.322 e. The summed E-state index contributed by atoms with van der Waals surface area (Å²) < 4.78 is 1.12. The summed E-state index contributed by atoms with van der Waals surface area (Å²) in [6.07, 6.45) is 1.01. The Kier molecular flexibility index (Phi) is 5.11. The monoisotopic (exact) mass is 353 g/mol. The molecule has 128 valence electrons. The van der Waals surface area contributed by atoms with Gasteiger partial charge in [0.25, 0.3) is 5.91 Å². The molecule has 0 aliphatic heterocycles. The lowest BCUT2D eigenvalue weighted by Gasteiger charge is -2.05. The van der Waals surface area contributed by atoms with E-state index >= 15 is 0 Å². The number of nitrogens with two attached hydrogens (primary N) is 1. The first kappa shape index (κ1) is 17.1. The van der Waals surface area contributed by atoms with Crippen LogP contribution in [-0.4, -0.2) is 11.8 Å². The zero-order valence-electron chi connectivity index (χ0n) is 13.8. The van der Waals surface area contributed by atoms with Gasteiger partial charge in [0.2, 0.25) is 5.91 Å². The molecule has 25 heavy (non-hydrogen) atoms. The fraction of sp³-hybridized carbons (Fsp3) is 0.158. The molecular weight excluding hydrogens is 334 g/mol. The van der Waals surface area contributed by atoms with Gasteiger partial charge in [0, 0.05) is 27.2 Å². The normalized spacial score (nSPS) is 10.6. The van der Waals surface area contributed by atoms with Crippen LogP contribution in [0.2, 0.25) is 0 Å². The Labute approximate surface area is 149 Å². The van der Waals surface area contributed by atoms with Crippen LogP contribution in [0, 0.1) is 6.92 Å². The smallest absolute Gasteiger partial charge is 0.255 e. The summed E-state index contributed by atoms with van der Waals surface area (Å²) in [5.41, 5.74) is 4.64. The Bertz CT molecular complexity index is 916. The Morgan fingerprint density at radius 1 is 1.08 bits per heavy atom. The molecule has 5 nitrogen and oxygen atoms in total. The van der Waals surface area contributed by atoms with Crippen LogP contribution in [0.5, 0.6) is 0 Å². The summed E-state index contributed by atoms with van der Waals surface area (Å²) in [7, 11) is 0. The minimum atomic E-state index is -0.177. The molecule has 0 fully saturated rings. The molecule has 3 aromatic rings. The van der Waals surface area contributed by atoms with Crippen molar-refractivity contribution in [3.05, 3.63) is 64.5 Å². The van der Waals surface area contributed by atoms with Crippen molar-refractivity contribution in [2.45, 2.75) is 19.8 Å². The van der Waals surface area contributed by atoms with E-state index in [9.17, 15) is 9.59 Å². The van der Waals surface area contributed by atoms with Crippen LogP contribution in [0.1, 0.15) is 27.2 Å². The molecule has 2 aromatic carbocycles. The van der Waals surface area contributed by atoms with Crippen LogP contribution < -0.4 is 16.6 Å². The Hall–Kier alpha value is -2.70. The van der Waals surface area contributed by atoms with Crippen LogP contribution >= 0.6 is 11.3 Å². The zero-order chi connectivity index (χ0) is 17.8. The van der Waals surface area contributed by atoms with Crippen molar-refractivity contribution in [3.63, 3.8) is 0 Å². The van der Waals surface area contributed by atoms with Crippen molar-refractivity contribution < 1.29 is 9.59 Å². The highest BCUT2D eigenvalue weighted by Crippen LogP contribution is 2.29. The summed E-state index contributed by atoms with van der Waals surface area (Å²) in [6.45, 7) is 1.99.